The van der Waals surface area contributed by atoms with E-state index in [-0.39, 0.29) is 0 Å². The van der Waals surface area contributed by atoms with Crippen LogP contribution in [0.1, 0.15) is 6.92 Å². The lowest BCUT2D eigenvalue weighted by atomic mass is 10.5. The largest absolute Gasteiger partial charge is 0.224 e. The molecule has 0 amide bonds. The zero-order valence-electron chi connectivity index (χ0n) is 6.08. The molecule has 1 aromatic carbocycles. The SMILES string of the molecule is CC[S+]=c1cccccc1. The third kappa shape index (κ3) is 2.28. The van der Waals surface area contributed by atoms with Gasteiger partial charge in [0.2, 0.25) is 4.51 Å². The van der Waals surface area contributed by atoms with Gasteiger partial charge in [0.1, 0.15) is 0 Å². The lowest BCUT2D eigenvalue weighted by Gasteiger charge is -1.59. The average Bonchev–Trinajstić information content (AvgIpc) is 2.17. The lowest BCUT2D eigenvalue weighted by molar-refractivity contribution is 1.53. The summed E-state index contributed by atoms with van der Waals surface area (Å²) in [5.41, 5.74) is 0. The van der Waals surface area contributed by atoms with Crippen LogP contribution < -0.4 is 0 Å². The summed E-state index contributed by atoms with van der Waals surface area (Å²) in [6, 6.07) is 12.5. The first kappa shape index (κ1) is 7.42. The van der Waals surface area contributed by atoms with Gasteiger partial charge in [0.25, 0.3) is 0 Å². The second-order valence-electron chi connectivity index (χ2n) is 1.94. The van der Waals surface area contributed by atoms with Crippen molar-refractivity contribution in [3.63, 3.8) is 0 Å². The van der Waals surface area contributed by atoms with Gasteiger partial charge in [-0.2, -0.15) is 0 Å². The molecule has 1 aromatic rings. The molecule has 1 heteroatoms. The molecule has 0 aliphatic heterocycles. The summed E-state index contributed by atoms with van der Waals surface area (Å²) in [6.07, 6.45) is 0. The molecule has 0 nitrogen and oxygen atoms in total. The topological polar surface area (TPSA) is 0 Å². The molecule has 10 heavy (non-hydrogen) atoms. The first-order valence-corrected chi connectivity index (χ1v) is 4.43. The Morgan fingerprint density at radius 2 is 1.70 bits per heavy atom. The van der Waals surface area contributed by atoms with E-state index in [0.717, 1.165) is 5.75 Å². The maximum Gasteiger partial charge on any atom is 0.224 e. The summed E-state index contributed by atoms with van der Waals surface area (Å²) in [4.78, 5) is 0. The third-order valence-corrected chi connectivity index (χ3v) is 2.06. The van der Waals surface area contributed by atoms with E-state index in [4.69, 9.17) is 0 Å². The van der Waals surface area contributed by atoms with Crippen LogP contribution in [0, 0.1) is 4.51 Å². The molecule has 0 fully saturated rings. The summed E-state index contributed by atoms with van der Waals surface area (Å²) in [5, 5.41) is 0. The molecule has 0 radical (unpaired) electrons. The summed E-state index contributed by atoms with van der Waals surface area (Å²) in [5.74, 6) is 1.14. The highest BCUT2D eigenvalue weighted by Gasteiger charge is 1.86. The number of hydrogen-bond donors (Lipinski definition) is 0. The summed E-state index contributed by atoms with van der Waals surface area (Å²) < 4.78 is 1.34. The Hall–Kier alpha value is -0.690. The van der Waals surface area contributed by atoms with Crippen LogP contribution in [0.3, 0.4) is 0 Å². The van der Waals surface area contributed by atoms with Crippen molar-refractivity contribution in [1.82, 2.24) is 0 Å². The predicted octanol–water partition coefficient (Wildman–Crippen LogP) is 2.32. The predicted molar refractivity (Wildman–Crippen MR) is 47.6 cm³/mol. The first-order valence-electron chi connectivity index (χ1n) is 3.44. The van der Waals surface area contributed by atoms with Crippen molar-refractivity contribution in [1.29, 1.82) is 0 Å². The molecule has 1 rings (SSSR count). The summed E-state index contributed by atoms with van der Waals surface area (Å²) in [7, 11) is 0. The fourth-order valence-corrected chi connectivity index (χ4v) is 1.43. The quantitative estimate of drug-likeness (QED) is 0.427. The minimum Gasteiger partial charge on any atom is -0.0621 e. The highest BCUT2D eigenvalue weighted by molar-refractivity contribution is 7.70. The van der Waals surface area contributed by atoms with Gasteiger partial charge in [0.05, 0.1) is 0 Å². The standard InChI is InChI=1S/C9H11S/c1-2-10-9-7-5-3-4-6-8-9/h3-8H,2H2,1H3/q+1. The molecule has 0 heterocycles. The van der Waals surface area contributed by atoms with E-state index in [1.807, 2.05) is 23.5 Å². The molecular weight excluding hydrogens is 140 g/mol. The van der Waals surface area contributed by atoms with Crippen molar-refractivity contribution < 1.29 is 0 Å². The van der Waals surface area contributed by atoms with Crippen LogP contribution in [0.5, 0.6) is 0 Å². The van der Waals surface area contributed by atoms with Crippen LogP contribution in [-0.4, -0.2) is 5.75 Å². The third-order valence-electron chi connectivity index (χ3n) is 1.17. The zero-order chi connectivity index (χ0) is 7.23. The van der Waals surface area contributed by atoms with Gasteiger partial charge in [-0.25, -0.2) is 0 Å². The normalized spacial score (nSPS) is 8.90. The van der Waals surface area contributed by atoms with Crippen LogP contribution in [0.4, 0.5) is 0 Å². The fraction of sp³-hybridized carbons (Fsp3) is 0.222. The first-order chi connectivity index (χ1) is 4.93. The van der Waals surface area contributed by atoms with Crippen molar-refractivity contribution in [2.45, 2.75) is 6.92 Å². The zero-order valence-corrected chi connectivity index (χ0v) is 6.90. The molecule has 0 unspecified atom stereocenters. The summed E-state index contributed by atoms with van der Waals surface area (Å²) >= 11 is 1.87. The Kier molecular flexibility index (Phi) is 3.10. The second kappa shape index (κ2) is 4.18. The smallest absolute Gasteiger partial charge is 0.0621 e. The van der Waals surface area contributed by atoms with Gasteiger partial charge in [0, 0.05) is 12.1 Å². The maximum atomic E-state index is 2.16. The van der Waals surface area contributed by atoms with Crippen molar-refractivity contribution >= 4 is 11.4 Å². The highest BCUT2D eigenvalue weighted by atomic mass is 32.1. The molecule has 0 N–H and O–H groups in total. The van der Waals surface area contributed by atoms with Crippen LogP contribution in [-0.2, 0) is 11.4 Å². The van der Waals surface area contributed by atoms with Crippen LogP contribution >= 0.6 is 0 Å². The molecular formula is C9H11S+. The van der Waals surface area contributed by atoms with Gasteiger partial charge in [-0.1, -0.05) is 24.3 Å². The summed E-state index contributed by atoms with van der Waals surface area (Å²) in [6.45, 7) is 2.16. The Morgan fingerprint density at radius 1 is 1.10 bits per heavy atom. The van der Waals surface area contributed by atoms with E-state index < -0.39 is 0 Å². The van der Waals surface area contributed by atoms with Crippen LogP contribution in [0.15, 0.2) is 36.4 Å². The molecule has 0 spiro atoms. The Bertz CT molecular complexity index is 231. The van der Waals surface area contributed by atoms with Gasteiger partial charge in [-0.3, -0.25) is 0 Å². The Morgan fingerprint density at radius 3 is 2.20 bits per heavy atom. The van der Waals surface area contributed by atoms with Gasteiger partial charge in [-0.05, 0) is 6.92 Å². The maximum absolute atomic E-state index is 2.16. The van der Waals surface area contributed by atoms with E-state index in [0.29, 0.717) is 0 Å². The molecule has 0 saturated heterocycles. The van der Waals surface area contributed by atoms with Crippen LogP contribution in [0.2, 0.25) is 0 Å². The number of hydrogen-bond acceptors (Lipinski definition) is 0. The van der Waals surface area contributed by atoms with E-state index in [2.05, 4.69) is 31.2 Å². The van der Waals surface area contributed by atoms with E-state index >= 15 is 0 Å². The van der Waals surface area contributed by atoms with Gasteiger partial charge >= 0.3 is 0 Å². The minimum atomic E-state index is 1.14. The second-order valence-corrected chi connectivity index (χ2v) is 3.28. The van der Waals surface area contributed by atoms with Crippen molar-refractivity contribution in [3.8, 4) is 0 Å². The Balaban J connectivity index is 3.10. The average molecular weight is 151 g/mol. The molecule has 0 atom stereocenters. The minimum absolute atomic E-state index is 1.14. The van der Waals surface area contributed by atoms with Gasteiger partial charge in [0.15, 0.2) is 17.1 Å². The van der Waals surface area contributed by atoms with Crippen molar-refractivity contribution in [3.05, 3.63) is 40.9 Å². The van der Waals surface area contributed by atoms with Gasteiger partial charge < -0.3 is 0 Å². The van der Waals surface area contributed by atoms with Crippen molar-refractivity contribution in [2.24, 2.45) is 0 Å². The molecule has 0 aromatic heterocycles. The molecule has 0 saturated carbocycles. The molecule has 0 aliphatic carbocycles. The van der Waals surface area contributed by atoms with Gasteiger partial charge in [-0.15, -0.1) is 0 Å². The lowest BCUT2D eigenvalue weighted by Crippen LogP contribution is -1.68. The number of rotatable bonds is 1. The van der Waals surface area contributed by atoms with Crippen molar-refractivity contribution in [2.75, 3.05) is 5.75 Å². The molecule has 52 valence electrons. The highest BCUT2D eigenvalue weighted by Crippen LogP contribution is 1.86. The molecule has 0 aliphatic rings. The van der Waals surface area contributed by atoms with E-state index in [9.17, 15) is 0 Å². The van der Waals surface area contributed by atoms with Crippen LogP contribution in [0.25, 0.3) is 0 Å². The van der Waals surface area contributed by atoms with E-state index in [1.54, 1.807) is 0 Å². The molecule has 0 bridgehead atoms. The fourth-order valence-electron chi connectivity index (χ4n) is 0.748. The Labute approximate surface area is 65.5 Å². The van der Waals surface area contributed by atoms with E-state index in [1.165, 1.54) is 4.51 Å². The monoisotopic (exact) mass is 151 g/mol.